The van der Waals surface area contributed by atoms with E-state index in [4.69, 9.17) is 33.7 Å². The minimum atomic E-state index is -0.355. The van der Waals surface area contributed by atoms with Gasteiger partial charge in [0, 0.05) is 11.6 Å². The average molecular weight is 234 g/mol. The van der Waals surface area contributed by atoms with Gasteiger partial charge in [0.15, 0.2) is 0 Å². The molecule has 0 saturated heterocycles. The van der Waals surface area contributed by atoms with Crippen molar-refractivity contribution >= 4 is 23.2 Å². The number of hydrogen-bond acceptors (Lipinski definition) is 2. The van der Waals surface area contributed by atoms with Gasteiger partial charge >= 0.3 is 0 Å². The summed E-state index contributed by atoms with van der Waals surface area (Å²) in [5.41, 5.74) is 5.41. The minimum Gasteiger partial charge on any atom is -0.492 e. The molecule has 14 heavy (non-hydrogen) atoms. The second-order valence-electron chi connectivity index (χ2n) is 3.85. The van der Waals surface area contributed by atoms with Crippen LogP contribution < -0.4 is 10.5 Å². The van der Waals surface area contributed by atoms with E-state index in [0.717, 1.165) is 0 Å². The van der Waals surface area contributed by atoms with E-state index in [1.165, 1.54) is 0 Å². The van der Waals surface area contributed by atoms with Crippen LogP contribution in [0, 0.1) is 0 Å². The summed E-state index contributed by atoms with van der Waals surface area (Å²) in [5, 5.41) is 1.00. The van der Waals surface area contributed by atoms with E-state index < -0.39 is 0 Å². The summed E-state index contributed by atoms with van der Waals surface area (Å²) in [6.07, 6.45) is 0. The van der Waals surface area contributed by atoms with Crippen molar-refractivity contribution in [3.63, 3.8) is 0 Å². The molecule has 4 heteroatoms. The van der Waals surface area contributed by atoms with Crippen molar-refractivity contribution in [3.05, 3.63) is 28.2 Å². The van der Waals surface area contributed by atoms with Crippen molar-refractivity contribution < 1.29 is 4.74 Å². The molecule has 0 amide bonds. The van der Waals surface area contributed by atoms with Crippen LogP contribution in [0.3, 0.4) is 0 Å². The van der Waals surface area contributed by atoms with Gasteiger partial charge in [0.1, 0.15) is 12.4 Å². The van der Waals surface area contributed by atoms with Gasteiger partial charge in [-0.25, -0.2) is 0 Å². The Bertz CT molecular complexity index is 320. The largest absolute Gasteiger partial charge is 0.492 e. The third kappa shape index (κ3) is 3.74. The van der Waals surface area contributed by atoms with E-state index in [9.17, 15) is 0 Å². The SMILES string of the molecule is CC(C)(N)COc1ccc(Cl)c(Cl)c1. The van der Waals surface area contributed by atoms with Gasteiger partial charge in [0.25, 0.3) is 0 Å². The van der Waals surface area contributed by atoms with Crippen LogP contribution in [0.2, 0.25) is 10.0 Å². The Morgan fingerprint density at radius 3 is 2.43 bits per heavy atom. The molecule has 0 spiro atoms. The van der Waals surface area contributed by atoms with Gasteiger partial charge in [-0.15, -0.1) is 0 Å². The summed E-state index contributed by atoms with van der Waals surface area (Å²) in [6, 6.07) is 5.14. The predicted molar refractivity (Wildman–Crippen MR) is 60.2 cm³/mol. The fraction of sp³-hybridized carbons (Fsp3) is 0.400. The van der Waals surface area contributed by atoms with E-state index in [2.05, 4.69) is 0 Å². The van der Waals surface area contributed by atoms with E-state index in [0.29, 0.717) is 22.4 Å². The lowest BCUT2D eigenvalue weighted by molar-refractivity contribution is 0.243. The maximum atomic E-state index is 5.82. The fourth-order valence-electron chi connectivity index (χ4n) is 0.836. The fourth-order valence-corrected chi connectivity index (χ4v) is 1.12. The van der Waals surface area contributed by atoms with Crippen LogP contribution in [0.15, 0.2) is 18.2 Å². The number of rotatable bonds is 3. The molecule has 0 unspecified atom stereocenters. The van der Waals surface area contributed by atoms with Crippen LogP contribution in [0.1, 0.15) is 13.8 Å². The van der Waals surface area contributed by atoms with E-state index in [1.54, 1.807) is 18.2 Å². The van der Waals surface area contributed by atoms with Gasteiger partial charge < -0.3 is 10.5 Å². The van der Waals surface area contributed by atoms with Crippen LogP contribution >= 0.6 is 23.2 Å². The third-order valence-electron chi connectivity index (χ3n) is 1.50. The molecular formula is C10H13Cl2NO. The predicted octanol–water partition coefficient (Wildman–Crippen LogP) is 3.11. The first-order chi connectivity index (χ1) is 6.38. The van der Waals surface area contributed by atoms with Gasteiger partial charge in [-0.1, -0.05) is 23.2 Å². The number of hydrogen-bond donors (Lipinski definition) is 1. The van der Waals surface area contributed by atoms with Gasteiger partial charge in [-0.2, -0.15) is 0 Å². The number of ether oxygens (including phenoxy) is 1. The van der Waals surface area contributed by atoms with Crippen LogP contribution in [-0.4, -0.2) is 12.1 Å². The molecule has 0 bridgehead atoms. The quantitative estimate of drug-likeness (QED) is 0.871. The third-order valence-corrected chi connectivity index (χ3v) is 2.24. The van der Waals surface area contributed by atoms with Crippen LogP contribution in [0.25, 0.3) is 0 Å². The second kappa shape index (κ2) is 4.39. The molecule has 1 aromatic rings. The van der Waals surface area contributed by atoms with E-state index >= 15 is 0 Å². The average Bonchev–Trinajstić information content (AvgIpc) is 2.06. The molecule has 0 atom stereocenters. The normalized spacial score (nSPS) is 11.5. The Morgan fingerprint density at radius 2 is 1.93 bits per heavy atom. The highest BCUT2D eigenvalue weighted by Gasteiger charge is 2.11. The van der Waals surface area contributed by atoms with Crippen molar-refractivity contribution in [2.75, 3.05) is 6.61 Å². The Morgan fingerprint density at radius 1 is 1.29 bits per heavy atom. The summed E-state index contributed by atoms with van der Waals surface area (Å²) in [6.45, 7) is 4.22. The first-order valence-corrected chi connectivity index (χ1v) is 5.01. The molecule has 1 rings (SSSR count). The molecule has 0 aliphatic carbocycles. The highest BCUT2D eigenvalue weighted by Crippen LogP contribution is 2.26. The van der Waals surface area contributed by atoms with E-state index in [1.807, 2.05) is 13.8 Å². The Kier molecular flexibility index (Phi) is 3.65. The smallest absolute Gasteiger partial charge is 0.120 e. The highest BCUT2D eigenvalue weighted by atomic mass is 35.5. The zero-order chi connectivity index (χ0) is 10.8. The highest BCUT2D eigenvalue weighted by molar-refractivity contribution is 6.42. The summed E-state index contributed by atoms with van der Waals surface area (Å²) < 4.78 is 5.44. The molecule has 78 valence electrons. The minimum absolute atomic E-state index is 0.355. The van der Waals surface area contributed by atoms with Crippen LogP contribution in [0.4, 0.5) is 0 Å². The van der Waals surface area contributed by atoms with Crippen molar-refractivity contribution in [3.8, 4) is 5.75 Å². The standard InChI is InChI=1S/C10H13Cl2NO/c1-10(2,13)6-14-7-3-4-8(11)9(12)5-7/h3-5H,6,13H2,1-2H3. The molecule has 0 saturated carbocycles. The van der Waals surface area contributed by atoms with Crippen LogP contribution in [-0.2, 0) is 0 Å². The van der Waals surface area contributed by atoms with Gasteiger partial charge in [0.2, 0.25) is 0 Å². The lowest BCUT2D eigenvalue weighted by Crippen LogP contribution is -2.38. The first-order valence-electron chi connectivity index (χ1n) is 4.25. The van der Waals surface area contributed by atoms with E-state index in [-0.39, 0.29) is 5.54 Å². The van der Waals surface area contributed by atoms with Gasteiger partial charge in [-0.05, 0) is 26.0 Å². The van der Waals surface area contributed by atoms with Crippen molar-refractivity contribution in [1.29, 1.82) is 0 Å². The molecule has 0 aliphatic heterocycles. The second-order valence-corrected chi connectivity index (χ2v) is 4.67. The van der Waals surface area contributed by atoms with Crippen LogP contribution in [0.5, 0.6) is 5.75 Å². The number of nitrogens with two attached hydrogens (primary N) is 1. The topological polar surface area (TPSA) is 35.2 Å². The molecule has 0 radical (unpaired) electrons. The molecule has 1 aromatic carbocycles. The van der Waals surface area contributed by atoms with Crippen molar-refractivity contribution in [1.82, 2.24) is 0 Å². The van der Waals surface area contributed by atoms with Crippen molar-refractivity contribution in [2.24, 2.45) is 5.73 Å². The molecule has 0 aromatic heterocycles. The van der Waals surface area contributed by atoms with Crippen molar-refractivity contribution in [2.45, 2.75) is 19.4 Å². The molecule has 0 fully saturated rings. The molecule has 2 N–H and O–H groups in total. The molecule has 0 heterocycles. The summed E-state index contributed by atoms with van der Waals surface area (Å²) in [4.78, 5) is 0. The van der Waals surface area contributed by atoms with Gasteiger partial charge in [0.05, 0.1) is 10.0 Å². The number of halogens is 2. The van der Waals surface area contributed by atoms with Gasteiger partial charge in [-0.3, -0.25) is 0 Å². The first kappa shape index (κ1) is 11.6. The Balaban J connectivity index is 2.65. The Labute approximate surface area is 94.0 Å². The molecular weight excluding hydrogens is 221 g/mol. The lowest BCUT2D eigenvalue weighted by atomic mass is 10.1. The monoisotopic (exact) mass is 233 g/mol. The molecule has 2 nitrogen and oxygen atoms in total. The summed E-state index contributed by atoms with van der Waals surface area (Å²) >= 11 is 11.6. The number of benzene rings is 1. The zero-order valence-corrected chi connectivity index (χ0v) is 9.69. The summed E-state index contributed by atoms with van der Waals surface area (Å²) in [5.74, 6) is 0.679. The maximum Gasteiger partial charge on any atom is 0.120 e. The summed E-state index contributed by atoms with van der Waals surface area (Å²) in [7, 11) is 0. The molecule has 0 aliphatic rings. The Hall–Kier alpha value is -0.440. The zero-order valence-electron chi connectivity index (χ0n) is 8.18. The maximum absolute atomic E-state index is 5.82. The lowest BCUT2D eigenvalue weighted by Gasteiger charge is -2.19.